The Labute approximate surface area is 187 Å². The predicted octanol–water partition coefficient (Wildman–Crippen LogP) is -1.71. The summed E-state index contributed by atoms with van der Waals surface area (Å²) in [6.45, 7) is 2.03. The number of carbonyl (C=O) groups is 1. The van der Waals surface area contributed by atoms with Gasteiger partial charge in [0.25, 0.3) is 0 Å². The fraction of sp³-hybridized carbons (Fsp3) is 0.727. The molecule has 3 aliphatic rings. The monoisotopic (exact) mass is 450 g/mol. The molecular formula is C22H34N4O6. The first kappa shape index (κ1) is 23.5. The van der Waals surface area contributed by atoms with Gasteiger partial charge in [-0.3, -0.25) is 9.78 Å². The second-order valence-electron chi connectivity index (χ2n) is 9.26. The van der Waals surface area contributed by atoms with Crippen molar-refractivity contribution < 1.29 is 29.6 Å². The van der Waals surface area contributed by atoms with Crippen LogP contribution in [-0.4, -0.2) is 94.7 Å². The molecule has 10 nitrogen and oxygen atoms in total. The Morgan fingerprint density at radius 1 is 1.12 bits per heavy atom. The Morgan fingerprint density at radius 2 is 1.81 bits per heavy atom. The smallest absolute Gasteiger partial charge is 0.224 e. The van der Waals surface area contributed by atoms with Crippen LogP contribution in [0.3, 0.4) is 0 Å². The number of amides is 1. The first-order chi connectivity index (χ1) is 15.3. The SMILES string of the molecule is CN[C@@H]1[C@H](O)[C@H](NC)[C@H]2O[C@@]3(O)[C@H](NC(=O)Cc4ccncc4)C[C@@H](C)C[C@H]3O[C@@H]2[C@H]1O. The van der Waals surface area contributed by atoms with Crippen LogP contribution < -0.4 is 16.0 Å². The Balaban J connectivity index is 1.56. The summed E-state index contributed by atoms with van der Waals surface area (Å²) in [6.07, 6.45) is 0.205. The van der Waals surface area contributed by atoms with Gasteiger partial charge < -0.3 is 40.7 Å². The number of aliphatic hydroxyl groups is 3. The molecule has 0 bridgehead atoms. The molecule has 0 aromatic carbocycles. The fourth-order valence-corrected chi connectivity index (χ4v) is 5.44. The number of rotatable bonds is 5. The Hall–Kier alpha value is -1.66. The summed E-state index contributed by atoms with van der Waals surface area (Å²) in [5, 5.41) is 42.2. The highest BCUT2D eigenvalue weighted by molar-refractivity contribution is 5.79. The highest BCUT2D eigenvalue weighted by Gasteiger charge is 2.62. The third kappa shape index (κ3) is 4.16. The van der Waals surface area contributed by atoms with Gasteiger partial charge in [0.05, 0.1) is 30.7 Å². The van der Waals surface area contributed by atoms with Crippen molar-refractivity contribution in [3.63, 3.8) is 0 Å². The van der Waals surface area contributed by atoms with Gasteiger partial charge in [0.15, 0.2) is 0 Å². The Kier molecular flexibility index (Phi) is 6.83. The first-order valence-corrected chi connectivity index (χ1v) is 11.2. The molecule has 0 unspecified atom stereocenters. The minimum absolute atomic E-state index is 0.154. The predicted molar refractivity (Wildman–Crippen MR) is 114 cm³/mol. The maximum absolute atomic E-state index is 12.8. The van der Waals surface area contributed by atoms with Crippen molar-refractivity contribution in [3.05, 3.63) is 30.1 Å². The molecule has 10 heteroatoms. The van der Waals surface area contributed by atoms with Gasteiger partial charge in [-0.25, -0.2) is 0 Å². The zero-order chi connectivity index (χ0) is 23.0. The van der Waals surface area contributed by atoms with E-state index in [4.69, 9.17) is 9.47 Å². The summed E-state index contributed by atoms with van der Waals surface area (Å²) in [6, 6.07) is 1.65. The number of nitrogens with zero attached hydrogens (tertiary/aromatic N) is 1. The number of aliphatic hydroxyl groups excluding tert-OH is 2. The second kappa shape index (κ2) is 9.30. The molecule has 10 atom stereocenters. The molecule has 32 heavy (non-hydrogen) atoms. The molecule has 1 aromatic heterocycles. The molecule has 6 N–H and O–H groups in total. The third-order valence-electron chi connectivity index (χ3n) is 7.10. The zero-order valence-electron chi connectivity index (χ0n) is 18.6. The van der Waals surface area contributed by atoms with Crippen LogP contribution in [0.25, 0.3) is 0 Å². The highest BCUT2D eigenvalue weighted by Crippen LogP contribution is 2.44. The van der Waals surface area contributed by atoms with E-state index >= 15 is 0 Å². The molecule has 2 aliphatic carbocycles. The van der Waals surface area contributed by atoms with Gasteiger partial charge in [-0.1, -0.05) is 6.92 Å². The van der Waals surface area contributed by atoms with Gasteiger partial charge in [0, 0.05) is 12.4 Å². The van der Waals surface area contributed by atoms with Gasteiger partial charge in [0.1, 0.15) is 24.4 Å². The van der Waals surface area contributed by atoms with E-state index in [0.29, 0.717) is 12.8 Å². The number of likely N-dealkylation sites (N-methyl/N-ethyl adjacent to an activating group) is 2. The molecule has 3 fully saturated rings. The van der Waals surface area contributed by atoms with Crippen LogP contribution in [0.4, 0.5) is 0 Å². The molecule has 2 saturated carbocycles. The largest absolute Gasteiger partial charge is 0.390 e. The average Bonchev–Trinajstić information content (AvgIpc) is 2.75. The van der Waals surface area contributed by atoms with Crippen LogP contribution >= 0.6 is 0 Å². The van der Waals surface area contributed by atoms with Crippen molar-refractivity contribution in [2.45, 2.75) is 80.6 Å². The lowest BCUT2D eigenvalue weighted by Gasteiger charge is -2.58. The molecule has 1 aliphatic heterocycles. The standard InChI is InChI=1S/C22H34N4O6/c1-11-8-13(26-15(27)10-12-4-6-25-7-5-12)22(30)14(9-11)31-21-19(29)16(23-2)18(28)17(24-3)20(21)32-22/h4-7,11,13-14,16-21,23-24,28-30H,8-10H2,1-3H3,(H,26,27)/t11-,13-,14-,16-,17+,18+,19+,20-,21-,22+/m1/s1. The van der Waals surface area contributed by atoms with Crippen LogP contribution in [0, 0.1) is 5.92 Å². The molecule has 2 heterocycles. The van der Waals surface area contributed by atoms with Crippen LogP contribution in [0.2, 0.25) is 0 Å². The Morgan fingerprint density at radius 3 is 2.47 bits per heavy atom. The normalized spacial score (nSPS) is 43.8. The van der Waals surface area contributed by atoms with Crippen molar-refractivity contribution in [2.75, 3.05) is 14.1 Å². The van der Waals surface area contributed by atoms with Crippen molar-refractivity contribution in [3.8, 4) is 0 Å². The molecule has 0 spiro atoms. The third-order valence-corrected chi connectivity index (χ3v) is 7.10. The lowest BCUT2D eigenvalue weighted by molar-refractivity contribution is -0.392. The summed E-state index contributed by atoms with van der Waals surface area (Å²) in [5.41, 5.74) is 0.817. The number of aromatic nitrogens is 1. The van der Waals surface area contributed by atoms with E-state index in [-0.39, 0.29) is 18.2 Å². The number of nitrogens with one attached hydrogen (secondary N) is 3. The number of fused-ring (bicyclic) bond motifs is 2. The Bertz CT molecular complexity index is 800. The maximum Gasteiger partial charge on any atom is 0.224 e. The number of carbonyl (C=O) groups excluding carboxylic acids is 1. The van der Waals surface area contributed by atoms with Crippen LogP contribution in [-0.2, 0) is 20.7 Å². The topological polar surface area (TPSA) is 145 Å². The van der Waals surface area contributed by atoms with Gasteiger partial charge >= 0.3 is 0 Å². The summed E-state index contributed by atoms with van der Waals surface area (Å²) in [7, 11) is 3.35. The molecule has 1 saturated heterocycles. The quantitative estimate of drug-likeness (QED) is 0.309. The minimum atomic E-state index is -1.78. The van der Waals surface area contributed by atoms with Crippen molar-refractivity contribution in [1.29, 1.82) is 0 Å². The van der Waals surface area contributed by atoms with Gasteiger partial charge in [-0.15, -0.1) is 0 Å². The fourth-order valence-electron chi connectivity index (χ4n) is 5.44. The first-order valence-electron chi connectivity index (χ1n) is 11.2. The zero-order valence-corrected chi connectivity index (χ0v) is 18.6. The van der Waals surface area contributed by atoms with Crippen molar-refractivity contribution in [1.82, 2.24) is 20.9 Å². The average molecular weight is 451 g/mol. The van der Waals surface area contributed by atoms with E-state index in [1.54, 1.807) is 38.6 Å². The molecule has 1 aromatic rings. The molecule has 1 amide bonds. The van der Waals surface area contributed by atoms with Crippen LogP contribution in [0.15, 0.2) is 24.5 Å². The van der Waals surface area contributed by atoms with Gasteiger partial charge in [-0.05, 0) is 50.6 Å². The summed E-state index contributed by atoms with van der Waals surface area (Å²) in [4.78, 5) is 16.7. The number of pyridine rings is 1. The van der Waals surface area contributed by atoms with Crippen LogP contribution in [0.5, 0.6) is 0 Å². The minimum Gasteiger partial charge on any atom is -0.390 e. The lowest BCUT2D eigenvalue weighted by atomic mass is 9.75. The number of hydrogen-bond acceptors (Lipinski definition) is 9. The van der Waals surface area contributed by atoms with Gasteiger partial charge in [0.2, 0.25) is 11.7 Å². The van der Waals surface area contributed by atoms with E-state index in [1.807, 2.05) is 6.92 Å². The van der Waals surface area contributed by atoms with Gasteiger partial charge in [-0.2, -0.15) is 0 Å². The second-order valence-corrected chi connectivity index (χ2v) is 9.26. The van der Waals surface area contributed by atoms with E-state index in [9.17, 15) is 20.1 Å². The summed E-state index contributed by atoms with van der Waals surface area (Å²) in [5.74, 6) is -1.85. The highest BCUT2D eigenvalue weighted by atomic mass is 16.7. The van der Waals surface area contributed by atoms with E-state index in [2.05, 4.69) is 20.9 Å². The van der Waals surface area contributed by atoms with E-state index in [1.165, 1.54) is 0 Å². The van der Waals surface area contributed by atoms with E-state index in [0.717, 1.165) is 5.56 Å². The lowest BCUT2D eigenvalue weighted by Crippen LogP contribution is -2.78. The number of ether oxygens (including phenoxy) is 2. The van der Waals surface area contributed by atoms with Crippen LogP contribution in [0.1, 0.15) is 25.3 Å². The molecule has 0 radical (unpaired) electrons. The molecule has 178 valence electrons. The summed E-state index contributed by atoms with van der Waals surface area (Å²) < 4.78 is 12.5. The summed E-state index contributed by atoms with van der Waals surface area (Å²) >= 11 is 0. The maximum atomic E-state index is 12.8. The van der Waals surface area contributed by atoms with Crippen molar-refractivity contribution in [2.24, 2.45) is 5.92 Å². The number of hydrogen-bond donors (Lipinski definition) is 6. The molecule has 4 rings (SSSR count). The van der Waals surface area contributed by atoms with Crippen molar-refractivity contribution >= 4 is 5.91 Å². The molecular weight excluding hydrogens is 416 g/mol. The van der Waals surface area contributed by atoms with E-state index < -0.39 is 54.4 Å².